The number of carboxylic acids is 1. The molecule has 11 nitrogen and oxygen atoms in total. The maximum absolute atomic E-state index is 13.7. The average Bonchev–Trinajstić information content (AvgIpc) is 3.29. The summed E-state index contributed by atoms with van der Waals surface area (Å²) in [7, 11) is 0. The molecule has 0 bridgehead atoms. The van der Waals surface area contributed by atoms with E-state index in [1.165, 1.54) is 4.90 Å². The Morgan fingerprint density at radius 3 is 2.36 bits per heavy atom. The number of benzene rings is 2. The van der Waals surface area contributed by atoms with Gasteiger partial charge in [-0.3, -0.25) is 14.4 Å². The van der Waals surface area contributed by atoms with Crippen LogP contribution >= 0.6 is 0 Å². The van der Waals surface area contributed by atoms with Crippen LogP contribution < -0.4 is 10.6 Å². The summed E-state index contributed by atoms with van der Waals surface area (Å²) in [5, 5.41) is 20.9. The molecule has 208 valence electrons. The van der Waals surface area contributed by atoms with E-state index in [4.69, 9.17) is 5.53 Å². The molecule has 0 aliphatic carbocycles. The number of hydrogen-bond donors (Lipinski definition) is 3. The number of carbonyl (C=O) groups is 4. The molecule has 3 rings (SSSR count). The lowest BCUT2D eigenvalue weighted by Gasteiger charge is -2.36. The quantitative estimate of drug-likeness (QED) is 0.253. The van der Waals surface area contributed by atoms with Gasteiger partial charge in [-0.15, -0.1) is 0 Å². The van der Waals surface area contributed by atoms with Crippen LogP contribution in [0.2, 0.25) is 0 Å². The molecule has 1 aliphatic heterocycles. The number of azide groups is 1. The third-order valence-corrected chi connectivity index (χ3v) is 6.87. The molecule has 1 aliphatic rings. The Labute approximate surface area is 227 Å². The Bertz CT molecular complexity index is 1300. The molecule has 0 unspecified atom stereocenters. The van der Waals surface area contributed by atoms with Gasteiger partial charge >= 0.3 is 5.97 Å². The van der Waals surface area contributed by atoms with E-state index in [1.54, 1.807) is 34.6 Å². The minimum absolute atomic E-state index is 0.0203. The lowest BCUT2D eigenvalue weighted by Crippen LogP contribution is -2.59. The van der Waals surface area contributed by atoms with Crippen LogP contribution in [0.4, 0.5) is 0 Å². The first-order valence-corrected chi connectivity index (χ1v) is 13.0. The van der Waals surface area contributed by atoms with E-state index in [0.717, 1.165) is 16.3 Å². The van der Waals surface area contributed by atoms with E-state index in [0.29, 0.717) is 0 Å². The molecular weight excluding hydrogens is 500 g/mol. The van der Waals surface area contributed by atoms with Gasteiger partial charge in [-0.1, -0.05) is 82.2 Å². The molecule has 4 atom stereocenters. The molecule has 3 amide bonds. The highest BCUT2D eigenvalue weighted by molar-refractivity contribution is 5.94. The minimum atomic E-state index is -1.24. The van der Waals surface area contributed by atoms with E-state index in [2.05, 4.69) is 20.7 Å². The number of aliphatic carboxylic acids is 1. The number of hydrogen-bond acceptors (Lipinski definition) is 5. The van der Waals surface area contributed by atoms with Gasteiger partial charge in [0.25, 0.3) is 0 Å². The van der Waals surface area contributed by atoms with Crippen molar-refractivity contribution in [1.82, 2.24) is 15.5 Å². The zero-order chi connectivity index (χ0) is 28.9. The molecule has 3 N–H and O–H groups in total. The van der Waals surface area contributed by atoms with Crippen LogP contribution in [0.25, 0.3) is 21.2 Å². The van der Waals surface area contributed by atoms with Gasteiger partial charge in [-0.05, 0) is 33.7 Å². The maximum Gasteiger partial charge on any atom is 0.326 e. The molecule has 0 aromatic heterocycles. The van der Waals surface area contributed by atoms with E-state index in [-0.39, 0.29) is 31.2 Å². The normalized spacial score (nSPS) is 18.8. The summed E-state index contributed by atoms with van der Waals surface area (Å²) < 4.78 is 0. The van der Waals surface area contributed by atoms with Gasteiger partial charge in [0.1, 0.15) is 18.1 Å². The summed E-state index contributed by atoms with van der Waals surface area (Å²) in [5.41, 5.74) is 9.02. The van der Waals surface area contributed by atoms with Crippen LogP contribution in [0.3, 0.4) is 0 Å². The lowest BCUT2D eigenvalue weighted by atomic mass is 9.85. The van der Waals surface area contributed by atoms with Crippen molar-refractivity contribution in [1.29, 1.82) is 0 Å². The van der Waals surface area contributed by atoms with Crippen LogP contribution in [0.5, 0.6) is 0 Å². The van der Waals surface area contributed by atoms with Crippen molar-refractivity contribution in [2.45, 2.75) is 71.6 Å². The minimum Gasteiger partial charge on any atom is -0.480 e. The molecule has 0 spiro atoms. The zero-order valence-corrected chi connectivity index (χ0v) is 22.9. The van der Waals surface area contributed by atoms with Crippen molar-refractivity contribution < 1.29 is 24.3 Å². The summed E-state index contributed by atoms with van der Waals surface area (Å²) in [5.74, 6) is -3.03. The fraction of sp³-hybridized carbons (Fsp3) is 0.500. The molecule has 2 aromatic carbocycles. The van der Waals surface area contributed by atoms with E-state index in [9.17, 15) is 24.3 Å². The zero-order valence-electron chi connectivity index (χ0n) is 22.9. The number of amides is 3. The van der Waals surface area contributed by atoms with Crippen LogP contribution in [0.1, 0.15) is 46.6 Å². The van der Waals surface area contributed by atoms with Gasteiger partial charge < -0.3 is 20.6 Å². The second kappa shape index (κ2) is 12.2. The van der Waals surface area contributed by atoms with Gasteiger partial charge in [0.2, 0.25) is 17.7 Å². The maximum atomic E-state index is 13.7. The fourth-order valence-electron chi connectivity index (χ4n) is 4.66. The van der Waals surface area contributed by atoms with Crippen molar-refractivity contribution in [3.8, 4) is 0 Å². The van der Waals surface area contributed by atoms with Crippen molar-refractivity contribution in [2.24, 2.45) is 16.4 Å². The highest BCUT2D eigenvalue weighted by Crippen LogP contribution is 2.28. The van der Waals surface area contributed by atoms with Crippen molar-refractivity contribution in [3.05, 3.63) is 58.5 Å². The second-order valence-corrected chi connectivity index (χ2v) is 11.3. The molecule has 2 aromatic rings. The molecule has 1 fully saturated rings. The van der Waals surface area contributed by atoms with Gasteiger partial charge in [-0.25, -0.2) is 4.79 Å². The van der Waals surface area contributed by atoms with Gasteiger partial charge in [0, 0.05) is 23.8 Å². The number of likely N-dealkylation sites (tertiary alicyclic amines) is 1. The summed E-state index contributed by atoms with van der Waals surface area (Å²) in [6, 6.07) is 9.36. The van der Waals surface area contributed by atoms with E-state index >= 15 is 0 Å². The highest BCUT2D eigenvalue weighted by Gasteiger charge is 2.45. The standard InChI is InChI=1S/C28H36N6O5/c1-16(2)24(35)31-23(28(3,4)5)26(37)34-15-20(32-33-29)14-22(34)25(36)30-21(27(38)39)13-17-10-11-18-8-6-7-9-19(18)12-17/h6-12,16,20-23H,13-15H2,1-5H3,(H,30,36)(H,31,35)(H,38,39)/t20-,21-,22-,23+/m0/s1. The van der Waals surface area contributed by atoms with Gasteiger partial charge in [0.15, 0.2) is 0 Å². The first kappa shape index (κ1) is 29.4. The van der Waals surface area contributed by atoms with E-state index < -0.39 is 47.4 Å². The van der Waals surface area contributed by atoms with Crippen LogP contribution in [-0.4, -0.2) is 64.4 Å². The lowest BCUT2D eigenvalue weighted by molar-refractivity contribution is -0.146. The SMILES string of the molecule is CC(C)C(=O)N[C@H](C(=O)N1C[C@@H](N=[N+]=[N-])C[C@H]1C(=O)N[C@@H](Cc1ccc2ccccc2c1)C(=O)O)C(C)(C)C. The smallest absolute Gasteiger partial charge is 0.326 e. The summed E-state index contributed by atoms with van der Waals surface area (Å²) in [4.78, 5) is 55.9. The largest absolute Gasteiger partial charge is 0.480 e. The molecule has 0 radical (unpaired) electrons. The predicted molar refractivity (Wildman–Crippen MR) is 146 cm³/mol. The number of carboxylic acid groups (broad SMARTS) is 1. The number of nitrogens with zero attached hydrogens (tertiary/aromatic N) is 4. The molecule has 0 saturated carbocycles. The van der Waals surface area contributed by atoms with Crippen LogP contribution in [0, 0.1) is 11.3 Å². The monoisotopic (exact) mass is 536 g/mol. The molecular formula is C28H36N6O5. The number of nitrogens with one attached hydrogen (secondary N) is 2. The average molecular weight is 537 g/mol. The fourth-order valence-corrected chi connectivity index (χ4v) is 4.66. The Morgan fingerprint density at radius 1 is 1.10 bits per heavy atom. The summed E-state index contributed by atoms with van der Waals surface area (Å²) in [6.07, 6.45) is 0.0837. The first-order valence-electron chi connectivity index (χ1n) is 13.0. The highest BCUT2D eigenvalue weighted by atomic mass is 16.4. The molecule has 1 heterocycles. The molecule has 39 heavy (non-hydrogen) atoms. The number of fused-ring (bicyclic) bond motifs is 1. The van der Waals surface area contributed by atoms with Gasteiger partial charge in [-0.2, -0.15) is 0 Å². The van der Waals surface area contributed by atoms with Crippen molar-refractivity contribution >= 4 is 34.5 Å². The Kier molecular flexibility index (Phi) is 9.19. The number of carbonyl (C=O) groups excluding carboxylic acids is 3. The first-order chi connectivity index (χ1) is 18.3. The third kappa shape index (κ3) is 7.26. The number of rotatable bonds is 9. The molecule has 11 heteroatoms. The van der Waals surface area contributed by atoms with Gasteiger partial charge in [0.05, 0.1) is 6.04 Å². The second-order valence-electron chi connectivity index (χ2n) is 11.3. The summed E-state index contributed by atoms with van der Waals surface area (Å²) in [6.45, 7) is 8.81. The molecule has 1 saturated heterocycles. The van der Waals surface area contributed by atoms with Crippen molar-refractivity contribution in [2.75, 3.05) is 6.54 Å². The van der Waals surface area contributed by atoms with Crippen LogP contribution in [-0.2, 0) is 25.6 Å². The van der Waals surface area contributed by atoms with Crippen LogP contribution in [0.15, 0.2) is 47.6 Å². The Hall–Kier alpha value is -4.11. The van der Waals surface area contributed by atoms with E-state index in [1.807, 2.05) is 42.5 Å². The Balaban J connectivity index is 1.84. The topological polar surface area (TPSA) is 165 Å². The third-order valence-electron chi connectivity index (χ3n) is 6.87. The van der Waals surface area contributed by atoms with Crippen molar-refractivity contribution in [3.63, 3.8) is 0 Å². The summed E-state index contributed by atoms with van der Waals surface area (Å²) >= 11 is 0. The predicted octanol–water partition coefficient (Wildman–Crippen LogP) is 3.42. The Morgan fingerprint density at radius 2 is 1.77 bits per heavy atom.